The second-order valence-corrected chi connectivity index (χ2v) is 10.9. The first-order valence-electron chi connectivity index (χ1n) is 14.2. The average molecular weight is 570 g/mol. The SMILES string of the molecule is CCN(CC)Cc1cc(C2CCc3ccc([C@H](C4CC4)[C@H](C)C(=O)[O-])cc3O2)ncc1-c1cc(OC)ncc1F.[Na+]. The van der Waals surface area contributed by atoms with Gasteiger partial charge in [-0.3, -0.25) is 9.88 Å². The standard InChI is InChI=1S/C32H38FN3O4.Na/c1-5-36(6-2)18-23-13-27(34-16-25(23)24-15-30(39-4)35-17-26(24)33)28-12-11-20-7-10-22(14-29(20)40-28)31(21-8-9-21)19(3)32(37)38;/h7,10,13-17,19,21,28,31H,5-6,8-9,11-12,18H2,1-4H3,(H,37,38);/q;+1/p-1/t19-,28?,31-;/m0./s1. The zero-order valence-electron chi connectivity index (χ0n) is 24.7. The molecular weight excluding hydrogens is 532 g/mol. The summed E-state index contributed by atoms with van der Waals surface area (Å²) in [5, 5.41) is 11.7. The van der Waals surface area contributed by atoms with Crippen LogP contribution in [-0.2, 0) is 17.8 Å². The molecule has 41 heavy (non-hydrogen) atoms. The molecule has 9 heteroatoms. The Bertz CT molecular complexity index is 1380. The molecule has 7 nitrogen and oxygen atoms in total. The molecule has 1 aromatic carbocycles. The van der Waals surface area contributed by atoms with Crippen LogP contribution >= 0.6 is 0 Å². The number of rotatable bonds is 11. The number of aliphatic carboxylic acids is 1. The summed E-state index contributed by atoms with van der Waals surface area (Å²) < 4.78 is 26.7. The first-order chi connectivity index (χ1) is 19.3. The molecule has 5 rings (SSSR count). The third-order valence-corrected chi connectivity index (χ3v) is 8.42. The minimum atomic E-state index is -1.01. The number of carboxylic acid groups (broad SMARTS) is 1. The smallest absolute Gasteiger partial charge is 0.550 e. The molecule has 1 aliphatic heterocycles. The average Bonchev–Trinajstić information content (AvgIpc) is 3.81. The van der Waals surface area contributed by atoms with Crippen LogP contribution in [0.4, 0.5) is 4.39 Å². The van der Waals surface area contributed by atoms with Crippen molar-refractivity contribution in [2.45, 2.75) is 65.0 Å². The molecule has 3 heterocycles. The predicted octanol–water partition coefficient (Wildman–Crippen LogP) is 2.08. The third kappa shape index (κ3) is 6.94. The number of fused-ring (bicyclic) bond motifs is 1. The van der Waals surface area contributed by atoms with Gasteiger partial charge in [0.15, 0.2) is 0 Å². The number of aryl methyl sites for hydroxylation is 1. The van der Waals surface area contributed by atoms with Crippen molar-refractivity contribution in [1.29, 1.82) is 0 Å². The normalized spacial score (nSPS) is 17.7. The predicted molar refractivity (Wildman–Crippen MR) is 148 cm³/mol. The number of halogens is 1. The second-order valence-electron chi connectivity index (χ2n) is 10.9. The van der Waals surface area contributed by atoms with Crippen LogP contribution in [0.25, 0.3) is 11.1 Å². The van der Waals surface area contributed by atoms with Gasteiger partial charge in [-0.15, -0.1) is 0 Å². The first kappa shape index (κ1) is 31.4. The fraction of sp³-hybridized carbons (Fsp3) is 0.469. The van der Waals surface area contributed by atoms with Gasteiger partial charge in [0, 0.05) is 41.8 Å². The summed E-state index contributed by atoms with van der Waals surface area (Å²) in [5.41, 5.74) is 4.97. The molecule has 1 saturated carbocycles. The number of carboxylic acids is 1. The van der Waals surface area contributed by atoms with E-state index in [-0.39, 0.29) is 41.6 Å². The molecule has 3 aromatic rings. The van der Waals surface area contributed by atoms with E-state index in [2.05, 4.69) is 35.9 Å². The Morgan fingerprint density at radius 3 is 2.54 bits per heavy atom. The second kappa shape index (κ2) is 13.6. The summed E-state index contributed by atoms with van der Waals surface area (Å²) in [5.74, 6) is -0.585. The Hall–Kier alpha value is -2.52. The molecule has 2 aliphatic rings. The number of ether oxygens (including phenoxy) is 2. The number of hydrogen-bond acceptors (Lipinski definition) is 7. The van der Waals surface area contributed by atoms with Gasteiger partial charge in [-0.1, -0.05) is 32.9 Å². The number of nitrogens with zero attached hydrogens (tertiary/aromatic N) is 3. The third-order valence-electron chi connectivity index (χ3n) is 8.42. The maximum atomic E-state index is 14.9. The summed E-state index contributed by atoms with van der Waals surface area (Å²) in [6.07, 6.45) is 6.32. The van der Waals surface area contributed by atoms with Crippen molar-refractivity contribution in [2.24, 2.45) is 11.8 Å². The summed E-state index contributed by atoms with van der Waals surface area (Å²) in [6.45, 7) is 8.31. The van der Waals surface area contributed by atoms with E-state index in [1.165, 1.54) is 13.3 Å². The Morgan fingerprint density at radius 2 is 1.88 bits per heavy atom. The number of pyridine rings is 2. The van der Waals surface area contributed by atoms with Crippen molar-refractivity contribution in [3.05, 3.63) is 70.9 Å². The van der Waals surface area contributed by atoms with Gasteiger partial charge in [-0.25, -0.2) is 9.37 Å². The van der Waals surface area contributed by atoms with E-state index in [9.17, 15) is 14.3 Å². The quantitative estimate of drug-likeness (QED) is 0.327. The maximum absolute atomic E-state index is 14.9. The molecule has 0 N–H and O–H groups in total. The largest absolute Gasteiger partial charge is 1.00 e. The fourth-order valence-corrected chi connectivity index (χ4v) is 5.86. The zero-order valence-corrected chi connectivity index (χ0v) is 26.7. The molecule has 212 valence electrons. The first-order valence-corrected chi connectivity index (χ1v) is 14.2. The van der Waals surface area contributed by atoms with Gasteiger partial charge in [0.25, 0.3) is 0 Å². The number of benzene rings is 1. The van der Waals surface area contributed by atoms with Gasteiger partial charge in [-0.2, -0.15) is 0 Å². The van der Waals surface area contributed by atoms with E-state index in [1.807, 2.05) is 12.1 Å². The van der Waals surface area contributed by atoms with Crippen LogP contribution in [0.1, 0.15) is 74.4 Å². The molecule has 0 bridgehead atoms. The Morgan fingerprint density at radius 1 is 1.12 bits per heavy atom. The van der Waals surface area contributed by atoms with Crippen molar-refractivity contribution in [1.82, 2.24) is 14.9 Å². The van der Waals surface area contributed by atoms with Gasteiger partial charge >= 0.3 is 29.6 Å². The van der Waals surface area contributed by atoms with Gasteiger partial charge < -0.3 is 19.4 Å². The van der Waals surface area contributed by atoms with E-state index in [0.29, 0.717) is 29.5 Å². The van der Waals surface area contributed by atoms with Gasteiger partial charge in [0.1, 0.15) is 17.7 Å². The topological polar surface area (TPSA) is 87.6 Å². The molecule has 0 amide bonds. The van der Waals surface area contributed by atoms with Crippen LogP contribution < -0.4 is 44.1 Å². The van der Waals surface area contributed by atoms with E-state index in [4.69, 9.17) is 14.5 Å². The molecule has 0 spiro atoms. The number of aromatic nitrogens is 2. The molecular formula is C32H37FN3NaO4. The van der Waals surface area contributed by atoms with Gasteiger partial charge in [0.2, 0.25) is 5.88 Å². The summed E-state index contributed by atoms with van der Waals surface area (Å²) >= 11 is 0. The molecule has 1 unspecified atom stereocenters. The van der Waals surface area contributed by atoms with Crippen molar-refractivity contribution in [2.75, 3.05) is 20.2 Å². The van der Waals surface area contributed by atoms with Crippen LogP contribution in [0, 0.1) is 17.7 Å². The van der Waals surface area contributed by atoms with Crippen molar-refractivity contribution in [3.8, 4) is 22.8 Å². The van der Waals surface area contributed by atoms with Crippen molar-refractivity contribution in [3.63, 3.8) is 0 Å². The van der Waals surface area contributed by atoms with Crippen molar-refractivity contribution >= 4 is 5.97 Å². The molecule has 1 fully saturated rings. The van der Waals surface area contributed by atoms with Crippen LogP contribution in [-0.4, -0.2) is 41.0 Å². The number of carbonyl (C=O) groups is 1. The van der Waals surface area contributed by atoms with E-state index >= 15 is 0 Å². The monoisotopic (exact) mass is 569 g/mol. The fourth-order valence-electron chi connectivity index (χ4n) is 5.86. The molecule has 0 radical (unpaired) electrons. The summed E-state index contributed by atoms with van der Waals surface area (Å²) in [4.78, 5) is 22.7. The summed E-state index contributed by atoms with van der Waals surface area (Å²) in [7, 11) is 1.51. The Kier molecular flexibility index (Phi) is 10.4. The van der Waals surface area contributed by atoms with E-state index in [1.54, 1.807) is 19.2 Å². The Labute approximate surface area is 263 Å². The van der Waals surface area contributed by atoms with Crippen LogP contribution in [0.15, 0.2) is 42.7 Å². The van der Waals surface area contributed by atoms with Gasteiger partial charge in [0.05, 0.1) is 19.0 Å². The number of hydrogen-bond donors (Lipinski definition) is 0. The summed E-state index contributed by atoms with van der Waals surface area (Å²) in [6, 6.07) is 9.78. The molecule has 0 saturated heterocycles. The molecule has 2 aromatic heterocycles. The van der Waals surface area contributed by atoms with Gasteiger partial charge in [-0.05, 0) is 79.4 Å². The molecule has 3 atom stereocenters. The van der Waals surface area contributed by atoms with Crippen LogP contribution in [0.5, 0.6) is 11.6 Å². The number of carbonyl (C=O) groups excluding carboxylic acids is 1. The van der Waals surface area contributed by atoms with Crippen molar-refractivity contribution < 1.29 is 53.3 Å². The number of methoxy groups -OCH3 is 1. The molecule has 1 aliphatic carbocycles. The van der Waals surface area contributed by atoms with E-state index < -0.39 is 17.7 Å². The maximum Gasteiger partial charge on any atom is 1.00 e. The van der Waals surface area contributed by atoms with E-state index in [0.717, 1.165) is 66.9 Å². The minimum absolute atomic E-state index is 0. The zero-order chi connectivity index (χ0) is 28.4. The Balaban J connectivity index is 0.00000387. The minimum Gasteiger partial charge on any atom is -0.550 e. The van der Waals surface area contributed by atoms with Crippen LogP contribution in [0.2, 0.25) is 0 Å². The van der Waals surface area contributed by atoms with Crippen LogP contribution in [0.3, 0.4) is 0 Å².